The fourth-order valence-corrected chi connectivity index (χ4v) is 3.18. The molecule has 0 aliphatic heterocycles. The molecule has 0 radical (unpaired) electrons. The van der Waals surface area contributed by atoms with E-state index in [9.17, 15) is 9.18 Å². The van der Waals surface area contributed by atoms with Crippen molar-refractivity contribution in [1.29, 1.82) is 0 Å². The monoisotopic (exact) mass is 348 g/mol. The van der Waals surface area contributed by atoms with Gasteiger partial charge < -0.3 is 11.1 Å². The van der Waals surface area contributed by atoms with Crippen LogP contribution in [0.1, 0.15) is 33.9 Å². The first kappa shape index (κ1) is 14.1. The van der Waals surface area contributed by atoms with Gasteiger partial charge in [0.1, 0.15) is 5.82 Å². The van der Waals surface area contributed by atoms with Crippen molar-refractivity contribution in [3.8, 4) is 0 Å². The van der Waals surface area contributed by atoms with Gasteiger partial charge in [-0.2, -0.15) is 0 Å². The number of benzene rings is 2. The van der Waals surface area contributed by atoms with Gasteiger partial charge in [0, 0.05) is 15.7 Å². The molecule has 0 bridgehead atoms. The van der Waals surface area contributed by atoms with E-state index in [0.29, 0.717) is 10.0 Å². The Morgan fingerprint density at radius 3 is 2.86 bits per heavy atom. The molecule has 1 unspecified atom stereocenters. The normalized spacial score (nSPS) is 16.6. The van der Waals surface area contributed by atoms with Crippen LogP contribution in [0.5, 0.6) is 0 Å². The maximum atomic E-state index is 13.4. The third-order valence-electron chi connectivity index (χ3n) is 3.67. The molecule has 3 nitrogen and oxygen atoms in total. The highest BCUT2D eigenvalue weighted by Crippen LogP contribution is 2.32. The third kappa shape index (κ3) is 2.93. The van der Waals surface area contributed by atoms with Crippen molar-refractivity contribution < 1.29 is 9.18 Å². The number of hydrogen-bond acceptors (Lipinski definition) is 2. The van der Waals surface area contributed by atoms with Gasteiger partial charge in [0.05, 0.1) is 6.04 Å². The average molecular weight is 349 g/mol. The zero-order valence-electron chi connectivity index (χ0n) is 11.2. The summed E-state index contributed by atoms with van der Waals surface area (Å²) >= 11 is 3.19. The summed E-state index contributed by atoms with van der Waals surface area (Å²) in [7, 11) is 0. The van der Waals surface area contributed by atoms with E-state index in [4.69, 9.17) is 5.73 Å². The van der Waals surface area contributed by atoms with Crippen LogP contribution in [0.25, 0.3) is 0 Å². The molecular weight excluding hydrogens is 335 g/mol. The number of carbonyl (C=O) groups excluding carboxylic acids is 1. The van der Waals surface area contributed by atoms with Gasteiger partial charge in [-0.25, -0.2) is 4.39 Å². The maximum absolute atomic E-state index is 13.4. The number of fused-ring (bicyclic) bond motifs is 1. The first-order valence-corrected chi connectivity index (χ1v) is 7.47. The van der Waals surface area contributed by atoms with Gasteiger partial charge in [-0.1, -0.05) is 22.0 Å². The number of carbonyl (C=O) groups is 1. The van der Waals surface area contributed by atoms with Crippen molar-refractivity contribution in [2.45, 2.75) is 18.9 Å². The Morgan fingerprint density at radius 2 is 2.10 bits per heavy atom. The Morgan fingerprint density at radius 1 is 1.29 bits per heavy atom. The van der Waals surface area contributed by atoms with Crippen LogP contribution in [0.3, 0.4) is 0 Å². The number of halogens is 2. The minimum absolute atomic E-state index is 0.0462. The number of amides is 1. The van der Waals surface area contributed by atoms with Crippen LogP contribution in [0.2, 0.25) is 0 Å². The van der Waals surface area contributed by atoms with Gasteiger partial charge in [0.25, 0.3) is 5.91 Å². The lowest BCUT2D eigenvalue weighted by atomic mass is 10.1. The van der Waals surface area contributed by atoms with Crippen molar-refractivity contribution in [2.24, 2.45) is 0 Å². The summed E-state index contributed by atoms with van der Waals surface area (Å²) in [6.45, 7) is 0. The molecule has 0 fully saturated rings. The van der Waals surface area contributed by atoms with E-state index in [-0.39, 0.29) is 11.9 Å². The molecule has 1 amide bonds. The van der Waals surface area contributed by atoms with Crippen molar-refractivity contribution in [2.75, 3.05) is 5.73 Å². The average Bonchev–Trinajstić information content (AvgIpc) is 2.80. The molecule has 0 saturated carbocycles. The lowest BCUT2D eigenvalue weighted by Crippen LogP contribution is -2.27. The number of nitrogens with one attached hydrogen (secondary N) is 1. The van der Waals surface area contributed by atoms with Crippen molar-refractivity contribution in [3.05, 3.63) is 63.4 Å². The molecule has 0 spiro atoms. The van der Waals surface area contributed by atoms with Crippen LogP contribution in [-0.2, 0) is 6.42 Å². The number of aryl methyl sites for hydroxylation is 1. The van der Waals surface area contributed by atoms with Crippen LogP contribution in [0.4, 0.5) is 10.1 Å². The second-order valence-corrected chi connectivity index (χ2v) is 6.10. The highest BCUT2D eigenvalue weighted by Gasteiger charge is 2.24. The SMILES string of the molecule is Nc1ccc2c(c1)CCC2NC(=O)c1cc(F)cc(Br)c1. The van der Waals surface area contributed by atoms with Gasteiger partial charge in [0.2, 0.25) is 0 Å². The quantitative estimate of drug-likeness (QED) is 0.815. The number of rotatable bonds is 2. The Bertz CT molecular complexity index is 697. The maximum Gasteiger partial charge on any atom is 0.251 e. The second kappa shape index (κ2) is 5.48. The molecule has 1 aliphatic rings. The number of nitrogen functional groups attached to an aromatic ring is 1. The molecule has 0 aromatic heterocycles. The zero-order chi connectivity index (χ0) is 15.0. The van der Waals surface area contributed by atoms with Crippen molar-refractivity contribution in [1.82, 2.24) is 5.32 Å². The standard InChI is InChI=1S/C16H14BrFN2O/c17-11-5-10(6-12(18)8-11)16(21)20-15-4-1-9-7-13(19)2-3-14(9)15/h2-3,5-8,15H,1,4,19H2,(H,20,21). The van der Waals surface area contributed by atoms with Crippen molar-refractivity contribution >= 4 is 27.5 Å². The van der Waals surface area contributed by atoms with Crippen LogP contribution < -0.4 is 11.1 Å². The van der Waals surface area contributed by atoms with Crippen LogP contribution >= 0.6 is 15.9 Å². The first-order chi connectivity index (χ1) is 10.0. The molecule has 3 rings (SSSR count). The van der Waals surface area contributed by atoms with Crippen molar-refractivity contribution in [3.63, 3.8) is 0 Å². The summed E-state index contributed by atoms with van der Waals surface area (Å²) < 4.78 is 13.9. The Hall–Kier alpha value is -1.88. The first-order valence-electron chi connectivity index (χ1n) is 6.68. The van der Waals surface area contributed by atoms with Gasteiger partial charge in [-0.05, 0) is 54.3 Å². The second-order valence-electron chi connectivity index (χ2n) is 5.18. The minimum Gasteiger partial charge on any atom is -0.399 e. The number of nitrogens with two attached hydrogens (primary N) is 1. The van der Waals surface area contributed by atoms with Gasteiger partial charge >= 0.3 is 0 Å². The van der Waals surface area contributed by atoms with Crippen LogP contribution in [-0.4, -0.2) is 5.91 Å². The van der Waals surface area contributed by atoms with Gasteiger partial charge in [-0.15, -0.1) is 0 Å². The summed E-state index contributed by atoms with van der Waals surface area (Å²) in [5.74, 6) is -0.709. The number of hydrogen-bond donors (Lipinski definition) is 2. The van der Waals surface area contributed by atoms with E-state index in [1.54, 1.807) is 6.07 Å². The highest BCUT2D eigenvalue weighted by molar-refractivity contribution is 9.10. The highest BCUT2D eigenvalue weighted by atomic mass is 79.9. The largest absolute Gasteiger partial charge is 0.399 e. The fraction of sp³-hybridized carbons (Fsp3) is 0.188. The predicted molar refractivity (Wildman–Crippen MR) is 83.5 cm³/mol. The molecule has 1 atom stereocenters. The Kier molecular flexibility index (Phi) is 3.68. The zero-order valence-corrected chi connectivity index (χ0v) is 12.8. The lowest BCUT2D eigenvalue weighted by Gasteiger charge is -2.14. The predicted octanol–water partition coefficient (Wildman–Crippen LogP) is 3.59. The van der Waals surface area contributed by atoms with E-state index >= 15 is 0 Å². The Labute approximate surface area is 130 Å². The molecule has 5 heteroatoms. The van der Waals surface area contributed by atoms with Crippen LogP contribution in [0, 0.1) is 5.82 Å². The minimum atomic E-state index is -0.436. The van der Waals surface area contributed by atoms with Gasteiger partial charge in [-0.3, -0.25) is 4.79 Å². The lowest BCUT2D eigenvalue weighted by molar-refractivity contribution is 0.0936. The third-order valence-corrected chi connectivity index (χ3v) is 4.13. The molecule has 21 heavy (non-hydrogen) atoms. The molecule has 0 saturated heterocycles. The fourth-order valence-electron chi connectivity index (χ4n) is 2.71. The summed E-state index contributed by atoms with van der Waals surface area (Å²) in [6, 6.07) is 9.85. The molecule has 2 aromatic carbocycles. The van der Waals surface area contributed by atoms with E-state index in [2.05, 4.69) is 21.2 Å². The Balaban J connectivity index is 1.81. The summed E-state index contributed by atoms with van der Waals surface area (Å²) in [5, 5.41) is 2.96. The molecular formula is C16H14BrFN2O. The number of anilines is 1. The van der Waals surface area contributed by atoms with E-state index in [0.717, 1.165) is 24.1 Å². The smallest absolute Gasteiger partial charge is 0.251 e. The summed E-state index contributed by atoms with van der Waals surface area (Å²) in [5.41, 5.74) is 9.07. The van der Waals surface area contributed by atoms with E-state index in [1.165, 1.54) is 17.7 Å². The molecule has 0 heterocycles. The molecule has 2 aromatic rings. The molecule has 108 valence electrons. The topological polar surface area (TPSA) is 55.1 Å². The van der Waals surface area contributed by atoms with Gasteiger partial charge in [0.15, 0.2) is 0 Å². The summed E-state index contributed by atoms with van der Waals surface area (Å²) in [6.07, 6.45) is 1.72. The summed E-state index contributed by atoms with van der Waals surface area (Å²) in [4.78, 5) is 12.3. The van der Waals surface area contributed by atoms with Crippen LogP contribution in [0.15, 0.2) is 40.9 Å². The van der Waals surface area contributed by atoms with E-state index in [1.807, 2.05) is 18.2 Å². The molecule has 1 aliphatic carbocycles. The van der Waals surface area contributed by atoms with E-state index < -0.39 is 5.82 Å². The molecule has 3 N–H and O–H groups in total.